The lowest BCUT2D eigenvalue weighted by molar-refractivity contribution is -0.742. The molecular weight excluding hydrogens is 152 g/mol. The molecule has 0 unspecified atom stereocenters. The number of hydrogen-bond acceptors (Lipinski definition) is 4. The Bertz CT molecular complexity index is 69.1. The van der Waals surface area contributed by atoms with Crippen molar-refractivity contribution in [1.82, 2.24) is 0 Å². The first-order chi connectivity index (χ1) is 3.46. The second-order valence-corrected chi connectivity index (χ2v) is 0.476. The zero-order valence-electron chi connectivity index (χ0n) is 3.42. The summed E-state index contributed by atoms with van der Waals surface area (Å²) in [6.45, 7) is 0. The van der Waals surface area contributed by atoms with Gasteiger partial charge in [0.2, 0.25) is 0 Å². The molecule has 0 aromatic carbocycles. The molecule has 8 nitrogen and oxygen atoms in total. The lowest BCUT2D eigenvalue weighted by Gasteiger charge is -1.56. The number of hydrogen-bond donors (Lipinski definition) is 2. The molecule has 0 aliphatic heterocycles. The Morgan fingerprint density at radius 3 is 1.00 bits per heavy atom. The van der Waals surface area contributed by atoms with Crippen molar-refractivity contribution >= 4 is 11.0 Å². The smallest absolute Gasteiger partial charge is 0.291 e. The van der Waals surface area contributed by atoms with Crippen LogP contribution >= 0.6 is 0 Å². The van der Waals surface area contributed by atoms with Gasteiger partial charge in [-0.15, -0.1) is 20.2 Å². The molecule has 0 rings (SSSR count). The van der Waals surface area contributed by atoms with Crippen molar-refractivity contribution < 1.29 is 20.6 Å². The zero-order chi connectivity index (χ0) is 7.15. The summed E-state index contributed by atoms with van der Waals surface area (Å²) in [5, 5.41) is 27.3. The Morgan fingerprint density at radius 1 is 1.00 bits per heavy atom. The van der Waals surface area contributed by atoms with E-state index in [0.717, 1.165) is 0 Å². The lowest BCUT2D eigenvalue weighted by atomic mass is 13.1. The maximum atomic E-state index is 8.36. The van der Waals surface area contributed by atoms with Crippen LogP contribution in [0.5, 0.6) is 0 Å². The second-order valence-electron chi connectivity index (χ2n) is 0.476. The Kier molecular flexibility index (Phi) is 17.0. The highest BCUT2D eigenvalue weighted by molar-refractivity contribution is 5.75. The highest BCUT2D eigenvalue weighted by atomic mass is 28.1. The Morgan fingerprint density at radius 2 is 1.00 bits per heavy atom. The topological polar surface area (TPSA) is 127 Å². The largest absolute Gasteiger partial charge is 0.328 e. The fraction of sp³-hybridized carbons (Fsp3) is 0. The van der Waals surface area contributed by atoms with Crippen molar-refractivity contribution in [1.29, 1.82) is 0 Å². The van der Waals surface area contributed by atoms with Gasteiger partial charge in [0.15, 0.2) is 0 Å². The van der Waals surface area contributed by atoms with Crippen LogP contribution < -0.4 is 0 Å². The molecule has 2 N–H and O–H groups in total. The van der Waals surface area contributed by atoms with Crippen molar-refractivity contribution in [2.45, 2.75) is 0 Å². The number of rotatable bonds is 0. The predicted octanol–water partition coefficient (Wildman–Crippen LogP) is -2.15. The van der Waals surface area contributed by atoms with Gasteiger partial charge in [0, 0.05) is 0 Å². The van der Waals surface area contributed by atoms with Crippen LogP contribution in [-0.4, -0.2) is 31.6 Å². The Balaban J connectivity index is -0.0000000720. The van der Waals surface area contributed by atoms with Gasteiger partial charge in [-0.3, -0.25) is 0 Å². The normalized spacial score (nSPS) is 5.33. The molecular formula is H6N2O6Si. The molecule has 9 heteroatoms. The second kappa shape index (κ2) is 9.79. The summed E-state index contributed by atoms with van der Waals surface area (Å²) in [6, 6.07) is 0. The van der Waals surface area contributed by atoms with Gasteiger partial charge in [-0.2, -0.15) is 0 Å². The summed E-state index contributed by atoms with van der Waals surface area (Å²) in [4.78, 5) is 16.7. The fourth-order valence-electron chi connectivity index (χ4n) is 0. The van der Waals surface area contributed by atoms with E-state index in [1.165, 1.54) is 0 Å². The molecule has 0 radical (unpaired) electrons. The van der Waals surface area contributed by atoms with E-state index in [1.54, 1.807) is 0 Å². The molecule has 0 saturated heterocycles. The molecule has 0 spiro atoms. The monoisotopic (exact) mass is 158 g/mol. The van der Waals surface area contributed by atoms with Crippen molar-refractivity contribution in [3.8, 4) is 0 Å². The van der Waals surface area contributed by atoms with Crippen LogP contribution in [-0.2, 0) is 0 Å². The van der Waals surface area contributed by atoms with Gasteiger partial charge in [0.1, 0.15) is 0 Å². The minimum absolute atomic E-state index is 0. The molecule has 9 heavy (non-hydrogen) atoms. The van der Waals surface area contributed by atoms with Gasteiger partial charge >= 0.3 is 0 Å². The van der Waals surface area contributed by atoms with E-state index in [1.807, 2.05) is 0 Å². The fourth-order valence-corrected chi connectivity index (χ4v) is 0. The lowest BCUT2D eigenvalue weighted by Crippen LogP contribution is -1.81. The highest BCUT2D eigenvalue weighted by Crippen LogP contribution is 1.38. The molecule has 0 bridgehead atoms. The molecule has 0 amide bonds. The minimum Gasteiger partial charge on any atom is -0.328 e. The van der Waals surface area contributed by atoms with Gasteiger partial charge in [-0.1, -0.05) is 0 Å². The third kappa shape index (κ3) is 73.7. The van der Waals surface area contributed by atoms with Crippen molar-refractivity contribution in [3.05, 3.63) is 20.2 Å². The highest BCUT2D eigenvalue weighted by Gasteiger charge is 1.65. The average molecular weight is 158 g/mol. The first-order valence-electron chi connectivity index (χ1n) is 1.13. The summed E-state index contributed by atoms with van der Waals surface area (Å²) in [7, 11) is 0. The van der Waals surface area contributed by atoms with E-state index in [9.17, 15) is 0 Å². The van der Waals surface area contributed by atoms with Gasteiger partial charge in [-0.25, -0.2) is 0 Å². The van der Waals surface area contributed by atoms with Crippen molar-refractivity contribution in [2.24, 2.45) is 0 Å². The maximum Gasteiger partial charge on any atom is 0.291 e. The average Bonchev–Trinajstić information content (AvgIpc) is 1.25. The van der Waals surface area contributed by atoms with Crippen LogP contribution in [0.15, 0.2) is 0 Å². The molecule has 0 atom stereocenters. The molecule has 0 aromatic rings. The summed E-state index contributed by atoms with van der Waals surface area (Å²) < 4.78 is 0. The van der Waals surface area contributed by atoms with E-state index in [2.05, 4.69) is 0 Å². The first-order valence-corrected chi connectivity index (χ1v) is 1.13. The first kappa shape index (κ1) is 15.6. The molecule has 0 heterocycles. The Labute approximate surface area is 53.0 Å². The SMILES string of the molecule is O=[N+]([O-])O.O=[N+]([O-])O.[SiH4]. The van der Waals surface area contributed by atoms with E-state index in [4.69, 9.17) is 30.6 Å². The molecule has 0 aliphatic rings. The summed E-state index contributed by atoms with van der Waals surface area (Å²) in [5.41, 5.74) is 0. The van der Waals surface area contributed by atoms with Crippen LogP contribution in [0, 0.1) is 20.2 Å². The predicted molar refractivity (Wildman–Crippen MR) is 28.9 cm³/mol. The molecule has 0 saturated carbocycles. The van der Waals surface area contributed by atoms with Gasteiger partial charge in [0.25, 0.3) is 10.2 Å². The van der Waals surface area contributed by atoms with E-state index in [0.29, 0.717) is 0 Å². The van der Waals surface area contributed by atoms with Crippen LogP contribution in [0.4, 0.5) is 0 Å². The third-order valence-corrected chi connectivity index (χ3v) is 0. The van der Waals surface area contributed by atoms with Gasteiger partial charge < -0.3 is 10.4 Å². The van der Waals surface area contributed by atoms with Gasteiger partial charge in [0.05, 0.1) is 0 Å². The van der Waals surface area contributed by atoms with Gasteiger partial charge in [-0.05, 0) is 11.0 Å². The van der Waals surface area contributed by atoms with Crippen LogP contribution in [0.1, 0.15) is 0 Å². The van der Waals surface area contributed by atoms with E-state index < -0.39 is 10.2 Å². The van der Waals surface area contributed by atoms with E-state index >= 15 is 0 Å². The minimum atomic E-state index is -1.50. The van der Waals surface area contributed by atoms with Crippen molar-refractivity contribution in [2.75, 3.05) is 0 Å². The van der Waals surface area contributed by atoms with Crippen LogP contribution in [0.25, 0.3) is 0 Å². The van der Waals surface area contributed by atoms with E-state index in [-0.39, 0.29) is 11.0 Å². The Hall–Kier alpha value is -1.38. The quantitative estimate of drug-likeness (QED) is 0.235. The van der Waals surface area contributed by atoms with Crippen LogP contribution in [0.2, 0.25) is 0 Å². The molecule has 0 aliphatic carbocycles. The number of nitrogens with zero attached hydrogens (tertiary/aromatic N) is 2. The maximum absolute atomic E-state index is 8.36. The molecule has 56 valence electrons. The summed E-state index contributed by atoms with van der Waals surface area (Å²) >= 11 is 0. The molecule has 0 aromatic heterocycles. The summed E-state index contributed by atoms with van der Waals surface area (Å²) in [5.74, 6) is 0. The standard InChI is InChI=1S/2HNO3.H4Si/c2*2-1(3)4;/h2*(H,2,3,4);1H4. The zero-order valence-corrected chi connectivity index (χ0v) is 3.42. The summed E-state index contributed by atoms with van der Waals surface area (Å²) in [6.07, 6.45) is 0. The third-order valence-electron chi connectivity index (χ3n) is 0. The van der Waals surface area contributed by atoms with Crippen LogP contribution in [0.3, 0.4) is 0 Å². The molecule has 0 fully saturated rings. The van der Waals surface area contributed by atoms with Crippen molar-refractivity contribution in [3.63, 3.8) is 0 Å².